The lowest BCUT2D eigenvalue weighted by Crippen LogP contribution is -2.55. The molecule has 1 rings (SSSR count). The van der Waals surface area contributed by atoms with Crippen LogP contribution in [0.1, 0.15) is 32.6 Å². The van der Waals surface area contributed by atoms with E-state index in [1.807, 2.05) is 0 Å². The van der Waals surface area contributed by atoms with Gasteiger partial charge in [0.1, 0.15) is 18.1 Å². The standard InChI is InChI=1S/C15H24N4O7/c1-8(15(25)26)17-13(23)9(4-5-12(21)22)18-14(24)10-3-2-6-19(10)11(20)7-16/h8-10H,2-7,16H2,1H3,(H,17,23)(H,18,24)(H,21,22)(H,25,26). The SMILES string of the molecule is CC(NC(=O)C(CCC(=O)O)NC(=O)C1CCCN1C(=O)CN)C(=O)O. The lowest BCUT2D eigenvalue weighted by molar-refractivity contribution is -0.143. The average Bonchev–Trinajstić information content (AvgIpc) is 3.06. The van der Waals surface area contributed by atoms with Gasteiger partial charge in [-0.25, -0.2) is 0 Å². The largest absolute Gasteiger partial charge is 0.481 e. The summed E-state index contributed by atoms with van der Waals surface area (Å²) in [5.41, 5.74) is 5.32. The van der Waals surface area contributed by atoms with E-state index in [4.69, 9.17) is 15.9 Å². The molecule has 1 heterocycles. The van der Waals surface area contributed by atoms with E-state index in [9.17, 15) is 24.0 Å². The first kappa shape index (κ1) is 21.4. The molecule has 1 saturated heterocycles. The topological polar surface area (TPSA) is 179 Å². The number of nitrogens with two attached hydrogens (primary N) is 1. The summed E-state index contributed by atoms with van der Waals surface area (Å²) in [4.78, 5) is 59.4. The highest BCUT2D eigenvalue weighted by Gasteiger charge is 2.35. The average molecular weight is 372 g/mol. The first-order valence-electron chi connectivity index (χ1n) is 8.22. The zero-order valence-corrected chi connectivity index (χ0v) is 14.4. The number of amides is 3. The predicted octanol–water partition coefficient (Wildman–Crippen LogP) is -2.12. The Hall–Kier alpha value is -2.69. The fraction of sp³-hybridized carbons (Fsp3) is 0.667. The molecule has 146 valence electrons. The number of aliphatic carboxylic acids is 2. The van der Waals surface area contributed by atoms with E-state index < -0.39 is 54.2 Å². The van der Waals surface area contributed by atoms with Crippen LogP contribution in [0.25, 0.3) is 0 Å². The van der Waals surface area contributed by atoms with Crippen LogP contribution < -0.4 is 16.4 Å². The molecule has 1 aliphatic heterocycles. The first-order valence-corrected chi connectivity index (χ1v) is 8.22. The van der Waals surface area contributed by atoms with E-state index in [2.05, 4.69) is 10.6 Å². The molecule has 3 unspecified atom stereocenters. The molecule has 1 aliphatic rings. The van der Waals surface area contributed by atoms with Crippen LogP contribution in [0, 0.1) is 0 Å². The quantitative estimate of drug-likeness (QED) is 0.304. The Morgan fingerprint density at radius 2 is 1.85 bits per heavy atom. The molecule has 3 atom stereocenters. The number of carboxylic acid groups (broad SMARTS) is 2. The number of nitrogens with one attached hydrogen (secondary N) is 2. The number of carbonyl (C=O) groups is 5. The number of hydrogen-bond acceptors (Lipinski definition) is 6. The zero-order chi connectivity index (χ0) is 19.9. The number of carbonyl (C=O) groups excluding carboxylic acids is 3. The molecular formula is C15H24N4O7. The van der Waals surface area contributed by atoms with Crippen molar-refractivity contribution >= 4 is 29.7 Å². The predicted molar refractivity (Wildman–Crippen MR) is 87.8 cm³/mol. The lowest BCUT2D eigenvalue weighted by Gasteiger charge is -2.26. The molecular weight excluding hydrogens is 348 g/mol. The third-order valence-corrected chi connectivity index (χ3v) is 4.06. The van der Waals surface area contributed by atoms with Crippen LogP contribution in [0.2, 0.25) is 0 Å². The molecule has 26 heavy (non-hydrogen) atoms. The molecule has 0 bridgehead atoms. The van der Waals surface area contributed by atoms with Gasteiger partial charge in [0.25, 0.3) is 0 Å². The van der Waals surface area contributed by atoms with Crippen LogP contribution in [0.3, 0.4) is 0 Å². The second kappa shape index (κ2) is 9.70. The molecule has 11 heteroatoms. The Bertz CT molecular complexity index is 580. The second-order valence-electron chi connectivity index (χ2n) is 6.01. The highest BCUT2D eigenvalue weighted by molar-refractivity contribution is 5.94. The van der Waals surface area contributed by atoms with Gasteiger partial charge in [0, 0.05) is 13.0 Å². The van der Waals surface area contributed by atoms with Crippen LogP contribution in [0.15, 0.2) is 0 Å². The summed E-state index contributed by atoms with van der Waals surface area (Å²) in [7, 11) is 0. The molecule has 0 radical (unpaired) electrons. The van der Waals surface area contributed by atoms with Crippen LogP contribution in [0.4, 0.5) is 0 Å². The molecule has 6 N–H and O–H groups in total. The molecule has 0 saturated carbocycles. The van der Waals surface area contributed by atoms with Crippen molar-refractivity contribution in [1.82, 2.24) is 15.5 Å². The van der Waals surface area contributed by atoms with Crippen molar-refractivity contribution in [2.75, 3.05) is 13.1 Å². The van der Waals surface area contributed by atoms with Crippen LogP contribution in [0.5, 0.6) is 0 Å². The maximum Gasteiger partial charge on any atom is 0.325 e. The smallest absolute Gasteiger partial charge is 0.325 e. The third kappa shape index (κ3) is 5.99. The minimum Gasteiger partial charge on any atom is -0.481 e. The normalized spacial score (nSPS) is 18.7. The molecule has 0 aromatic heterocycles. The Balaban J connectivity index is 2.81. The zero-order valence-electron chi connectivity index (χ0n) is 14.4. The van der Waals surface area contributed by atoms with E-state index in [1.54, 1.807) is 0 Å². The van der Waals surface area contributed by atoms with Crippen molar-refractivity contribution in [3.05, 3.63) is 0 Å². The number of carboxylic acids is 2. The number of nitrogens with zero attached hydrogens (tertiary/aromatic N) is 1. The van der Waals surface area contributed by atoms with Crippen LogP contribution >= 0.6 is 0 Å². The number of likely N-dealkylation sites (tertiary alicyclic amines) is 1. The summed E-state index contributed by atoms with van der Waals surface area (Å²) in [6.45, 7) is 1.37. The van der Waals surface area contributed by atoms with E-state index in [-0.39, 0.29) is 13.0 Å². The fourth-order valence-corrected chi connectivity index (χ4v) is 2.64. The highest BCUT2D eigenvalue weighted by atomic mass is 16.4. The van der Waals surface area contributed by atoms with Gasteiger partial charge in [0.15, 0.2) is 0 Å². The van der Waals surface area contributed by atoms with Crippen molar-refractivity contribution in [2.45, 2.75) is 50.7 Å². The molecule has 11 nitrogen and oxygen atoms in total. The Labute approximate surface area is 149 Å². The monoisotopic (exact) mass is 372 g/mol. The van der Waals surface area contributed by atoms with Gasteiger partial charge in [-0.15, -0.1) is 0 Å². The van der Waals surface area contributed by atoms with Gasteiger partial charge in [-0.3, -0.25) is 24.0 Å². The molecule has 0 aromatic rings. The molecule has 1 fully saturated rings. The molecule has 0 aromatic carbocycles. The Kier molecular flexibility index (Phi) is 7.97. The summed E-state index contributed by atoms with van der Waals surface area (Å²) in [6.07, 6.45) is 0.398. The van der Waals surface area contributed by atoms with Crippen molar-refractivity contribution < 1.29 is 34.2 Å². The first-order chi connectivity index (χ1) is 12.2. The summed E-state index contributed by atoms with van der Waals surface area (Å²) in [5.74, 6) is -4.22. The summed E-state index contributed by atoms with van der Waals surface area (Å²) in [5, 5.41) is 22.3. The minimum atomic E-state index is -1.27. The maximum absolute atomic E-state index is 12.5. The van der Waals surface area contributed by atoms with Gasteiger partial charge in [0.05, 0.1) is 6.54 Å². The van der Waals surface area contributed by atoms with Crippen molar-refractivity contribution in [3.63, 3.8) is 0 Å². The van der Waals surface area contributed by atoms with Crippen molar-refractivity contribution in [1.29, 1.82) is 0 Å². The van der Waals surface area contributed by atoms with Gasteiger partial charge < -0.3 is 31.5 Å². The Morgan fingerprint density at radius 1 is 1.19 bits per heavy atom. The van der Waals surface area contributed by atoms with Gasteiger partial charge in [-0.05, 0) is 26.2 Å². The highest BCUT2D eigenvalue weighted by Crippen LogP contribution is 2.17. The van der Waals surface area contributed by atoms with Crippen molar-refractivity contribution in [3.8, 4) is 0 Å². The lowest BCUT2D eigenvalue weighted by atomic mass is 10.1. The number of rotatable bonds is 9. The third-order valence-electron chi connectivity index (χ3n) is 4.06. The number of hydrogen-bond donors (Lipinski definition) is 5. The van der Waals surface area contributed by atoms with E-state index in [0.29, 0.717) is 19.4 Å². The molecule has 0 aliphatic carbocycles. The van der Waals surface area contributed by atoms with Gasteiger partial charge >= 0.3 is 11.9 Å². The molecule has 3 amide bonds. The summed E-state index contributed by atoms with van der Waals surface area (Å²) >= 11 is 0. The van der Waals surface area contributed by atoms with E-state index >= 15 is 0 Å². The van der Waals surface area contributed by atoms with Crippen molar-refractivity contribution in [2.24, 2.45) is 5.73 Å². The van der Waals surface area contributed by atoms with Gasteiger partial charge in [0.2, 0.25) is 17.7 Å². The van der Waals surface area contributed by atoms with Gasteiger partial charge in [-0.1, -0.05) is 0 Å². The second-order valence-corrected chi connectivity index (χ2v) is 6.01. The Morgan fingerprint density at radius 3 is 2.38 bits per heavy atom. The summed E-state index contributed by atoms with van der Waals surface area (Å²) in [6, 6.07) is -3.22. The van der Waals surface area contributed by atoms with Crippen LogP contribution in [-0.2, 0) is 24.0 Å². The fourth-order valence-electron chi connectivity index (χ4n) is 2.64. The van der Waals surface area contributed by atoms with Crippen LogP contribution in [-0.4, -0.2) is 76.0 Å². The summed E-state index contributed by atoms with van der Waals surface area (Å²) < 4.78 is 0. The van der Waals surface area contributed by atoms with E-state index in [0.717, 1.165) is 0 Å². The maximum atomic E-state index is 12.5. The van der Waals surface area contributed by atoms with E-state index in [1.165, 1.54) is 11.8 Å². The molecule has 0 spiro atoms. The minimum absolute atomic E-state index is 0.212. The van der Waals surface area contributed by atoms with Gasteiger partial charge in [-0.2, -0.15) is 0 Å².